The number of benzene rings is 2. The summed E-state index contributed by atoms with van der Waals surface area (Å²) in [6.45, 7) is 4.38. The van der Waals surface area contributed by atoms with Gasteiger partial charge in [-0.3, -0.25) is 9.59 Å². The van der Waals surface area contributed by atoms with Gasteiger partial charge in [-0.1, -0.05) is 11.6 Å². The first kappa shape index (κ1) is 19.8. The lowest BCUT2D eigenvalue weighted by molar-refractivity contribution is 0.102. The van der Waals surface area contributed by atoms with Crippen molar-refractivity contribution >= 4 is 34.1 Å². The molecule has 0 aliphatic rings. The molecular formula is C21H21ClN2O4. The van der Waals surface area contributed by atoms with Gasteiger partial charge in [0.05, 0.1) is 25.4 Å². The van der Waals surface area contributed by atoms with Crippen LogP contribution in [0, 0.1) is 6.92 Å². The van der Waals surface area contributed by atoms with E-state index in [4.69, 9.17) is 21.1 Å². The smallest absolute Gasteiger partial charge is 0.261 e. The van der Waals surface area contributed by atoms with E-state index in [0.29, 0.717) is 34.1 Å². The highest BCUT2D eigenvalue weighted by Gasteiger charge is 2.18. The number of amides is 1. The van der Waals surface area contributed by atoms with Crippen molar-refractivity contribution in [2.75, 3.05) is 19.5 Å². The lowest BCUT2D eigenvalue weighted by atomic mass is 10.1. The van der Waals surface area contributed by atoms with Gasteiger partial charge in [-0.2, -0.15) is 0 Å². The Kier molecular flexibility index (Phi) is 5.61. The molecule has 0 spiro atoms. The Hall–Kier alpha value is -2.99. The summed E-state index contributed by atoms with van der Waals surface area (Å²) in [5.74, 6) is 0.507. The molecule has 0 radical (unpaired) electrons. The average molecular weight is 401 g/mol. The minimum Gasteiger partial charge on any atom is -0.497 e. The van der Waals surface area contributed by atoms with Crippen LogP contribution in [-0.4, -0.2) is 24.7 Å². The normalized spacial score (nSPS) is 10.8. The summed E-state index contributed by atoms with van der Waals surface area (Å²) >= 11 is 6.22. The van der Waals surface area contributed by atoms with E-state index in [9.17, 15) is 9.59 Å². The van der Waals surface area contributed by atoms with Gasteiger partial charge in [-0.25, -0.2) is 0 Å². The molecule has 146 valence electrons. The summed E-state index contributed by atoms with van der Waals surface area (Å²) in [5, 5.41) is 3.78. The molecule has 1 aromatic heterocycles. The Morgan fingerprint density at radius 1 is 1.18 bits per heavy atom. The fraction of sp³-hybridized carbons (Fsp3) is 0.238. The van der Waals surface area contributed by atoms with Crippen LogP contribution >= 0.6 is 11.6 Å². The summed E-state index contributed by atoms with van der Waals surface area (Å²) < 4.78 is 12.3. The minimum atomic E-state index is -0.520. The van der Waals surface area contributed by atoms with Gasteiger partial charge < -0.3 is 19.4 Å². The highest BCUT2D eigenvalue weighted by atomic mass is 35.5. The van der Waals surface area contributed by atoms with Gasteiger partial charge in [0.1, 0.15) is 17.1 Å². The number of halogens is 1. The number of anilines is 1. The third-order valence-corrected chi connectivity index (χ3v) is 5.08. The molecule has 0 fully saturated rings. The first-order chi connectivity index (χ1) is 13.4. The number of carbonyl (C=O) groups is 1. The van der Waals surface area contributed by atoms with E-state index in [1.807, 2.05) is 18.4 Å². The molecule has 0 saturated heterocycles. The van der Waals surface area contributed by atoms with Crippen molar-refractivity contribution in [3.05, 3.63) is 62.9 Å². The summed E-state index contributed by atoms with van der Waals surface area (Å²) in [5.41, 5.74) is 1.65. The highest BCUT2D eigenvalue weighted by molar-refractivity contribution is 6.32. The summed E-state index contributed by atoms with van der Waals surface area (Å²) in [4.78, 5) is 25.9. The number of pyridine rings is 1. The van der Waals surface area contributed by atoms with Gasteiger partial charge in [0, 0.05) is 29.2 Å². The molecule has 1 N–H and O–H groups in total. The second kappa shape index (κ2) is 7.94. The zero-order chi connectivity index (χ0) is 20.4. The van der Waals surface area contributed by atoms with Crippen LogP contribution in [0.2, 0.25) is 5.02 Å². The van der Waals surface area contributed by atoms with Gasteiger partial charge in [0.2, 0.25) is 5.43 Å². The molecule has 28 heavy (non-hydrogen) atoms. The maximum absolute atomic E-state index is 13.0. The molecule has 0 aliphatic heterocycles. The minimum absolute atomic E-state index is 0.0425. The van der Waals surface area contributed by atoms with Gasteiger partial charge in [0.15, 0.2) is 0 Å². The van der Waals surface area contributed by atoms with Crippen LogP contribution in [0.4, 0.5) is 5.69 Å². The van der Waals surface area contributed by atoms with E-state index >= 15 is 0 Å². The molecule has 3 rings (SSSR count). The van der Waals surface area contributed by atoms with Crippen LogP contribution in [-0.2, 0) is 6.54 Å². The second-order valence-electron chi connectivity index (χ2n) is 6.25. The monoisotopic (exact) mass is 400 g/mol. The number of nitrogens with zero attached hydrogens (tertiary/aromatic N) is 1. The van der Waals surface area contributed by atoms with Gasteiger partial charge in [0.25, 0.3) is 5.91 Å². The molecule has 0 bridgehead atoms. The van der Waals surface area contributed by atoms with E-state index in [-0.39, 0.29) is 11.0 Å². The molecule has 0 saturated carbocycles. The largest absolute Gasteiger partial charge is 0.497 e. The average Bonchev–Trinajstić information content (AvgIpc) is 2.70. The molecule has 7 heteroatoms. The fourth-order valence-electron chi connectivity index (χ4n) is 3.17. The standard InChI is InChI=1S/C21H21ClN2O4/c1-5-24-11-15(20(25)14-7-8-16(22)12(2)19(14)24)21(26)23-17-10-13(27-3)6-9-18(17)28-4/h6-11H,5H2,1-4H3,(H,23,26). The SMILES string of the molecule is CCn1cc(C(=O)Nc2cc(OC)ccc2OC)c(=O)c2ccc(Cl)c(C)c21. The number of hydrogen-bond donors (Lipinski definition) is 1. The zero-order valence-corrected chi connectivity index (χ0v) is 16.9. The lowest BCUT2D eigenvalue weighted by Crippen LogP contribution is -2.24. The van der Waals surface area contributed by atoms with Crippen molar-refractivity contribution in [1.29, 1.82) is 0 Å². The first-order valence-electron chi connectivity index (χ1n) is 8.76. The van der Waals surface area contributed by atoms with Crippen molar-refractivity contribution < 1.29 is 14.3 Å². The molecule has 6 nitrogen and oxygen atoms in total. The number of nitrogens with one attached hydrogen (secondary N) is 1. The maximum atomic E-state index is 13.0. The van der Waals surface area contributed by atoms with Gasteiger partial charge in [-0.05, 0) is 43.7 Å². The van der Waals surface area contributed by atoms with Crippen LogP contribution in [0.3, 0.4) is 0 Å². The number of aromatic nitrogens is 1. The predicted octanol–water partition coefficient (Wildman–Crippen LogP) is 4.25. The zero-order valence-electron chi connectivity index (χ0n) is 16.1. The summed E-state index contributed by atoms with van der Waals surface area (Å²) in [7, 11) is 3.04. The van der Waals surface area contributed by atoms with E-state index in [1.54, 1.807) is 36.5 Å². The molecular weight excluding hydrogens is 380 g/mol. The quantitative estimate of drug-likeness (QED) is 0.695. The Labute approximate surface area is 167 Å². The lowest BCUT2D eigenvalue weighted by Gasteiger charge is -2.15. The summed E-state index contributed by atoms with van der Waals surface area (Å²) in [6.07, 6.45) is 1.57. The van der Waals surface area contributed by atoms with Crippen LogP contribution in [0.5, 0.6) is 11.5 Å². The number of rotatable bonds is 5. The van der Waals surface area contributed by atoms with Crippen molar-refractivity contribution in [2.45, 2.75) is 20.4 Å². The van der Waals surface area contributed by atoms with E-state index < -0.39 is 5.91 Å². The number of aryl methyl sites for hydroxylation is 2. The van der Waals surface area contributed by atoms with Crippen molar-refractivity contribution in [1.82, 2.24) is 4.57 Å². The van der Waals surface area contributed by atoms with E-state index in [1.165, 1.54) is 14.2 Å². The molecule has 1 heterocycles. The molecule has 0 aliphatic carbocycles. The third kappa shape index (κ3) is 3.43. The van der Waals surface area contributed by atoms with Crippen LogP contribution in [0.25, 0.3) is 10.9 Å². The van der Waals surface area contributed by atoms with Gasteiger partial charge in [-0.15, -0.1) is 0 Å². The molecule has 0 unspecified atom stereocenters. The predicted molar refractivity (Wildman–Crippen MR) is 111 cm³/mol. The topological polar surface area (TPSA) is 69.6 Å². The maximum Gasteiger partial charge on any atom is 0.261 e. The highest BCUT2D eigenvalue weighted by Crippen LogP contribution is 2.29. The van der Waals surface area contributed by atoms with Gasteiger partial charge >= 0.3 is 0 Å². The Morgan fingerprint density at radius 3 is 2.57 bits per heavy atom. The molecule has 0 atom stereocenters. The number of hydrogen-bond acceptors (Lipinski definition) is 4. The Balaban J connectivity index is 2.12. The molecule has 3 aromatic rings. The Bertz CT molecular complexity index is 1120. The molecule has 2 aromatic carbocycles. The molecule has 1 amide bonds. The third-order valence-electron chi connectivity index (χ3n) is 4.67. The van der Waals surface area contributed by atoms with Crippen molar-refractivity contribution in [3.8, 4) is 11.5 Å². The van der Waals surface area contributed by atoms with Crippen LogP contribution < -0.4 is 20.2 Å². The number of fused-ring (bicyclic) bond motifs is 1. The Morgan fingerprint density at radius 2 is 1.93 bits per heavy atom. The van der Waals surface area contributed by atoms with Crippen molar-refractivity contribution in [3.63, 3.8) is 0 Å². The number of carbonyl (C=O) groups excluding carboxylic acids is 1. The van der Waals surface area contributed by atoms with E-state index in [2.05, 4.69) is 5.32 Å². The van der Waals surface area contributed by atoms with E-state index in [0.717, 1.165) is 11.1 Å². The number of methoxy groups -OCH3 is 2. The van der Waals surface area contributed by atoms with Crippen LogP contribution in [0.15, 0.2) is 41.3 Å². The summed E-state index contributed by atoms with van der Waals surface area (Å²) in [6, 6.07) is 8.38. The van der Waals surface area contributed by atoms with Crippen LogP contribution in [0.1, 0.15) is 22.8 Å². The number of ether oxygens (including phenoxy) is 2. The second-order valence-corrected chi connectivity index (χ2v) is 6.65. The van der Waals surface area contributed by atoms with Crippen molar-refractivity contribution in [2.24, 2.45) is 0 Å². The fourth-order valence-corrected chi connectivity index (χ4v) is 3.32. The first-order valence-corrected chi connectivity index (χ1v) is 9.14.